The van der Waals surface area contributed by atoms with Crippen LogP contribution in [-0.4, -0.2) is 37.8 Å². The first-order chi connectivity index (χ1) is 16.2. The largest absolute Gasteiger partial charge is 0.491 e. The molecule has 2 aliphatic carbocycles. The fraction of sp³-hybridized carbons (Fsp3) is 0.464. The topological polar surface area (TPSA) is 59.6 Å². The van der Waals surface area contributed by atoms with Crippen LogP contribution in [0.2, 0.25) is 0 Å². The molecule has 0 spiro atoms. The number of benzene rings is 2. The van der Waals surface area contributed by atoms with Gasteiger partial charge in [0.05, 0.1) is 6.10 Å². The molecule has 1 saturated heterocycles. The number of nitrogens with one attached hydrogen (secondary N) is 2. The molecule has 1 aliphatic heterocycles. The number of rotatable bonds is 8. The Morgan fingerprint density at radius 1 is 1.06 bits per heavy atom. The number of fused-ring (bicyclic) bond motifs is 1. The van der Waals surface area contributed by atoms with E-state index in [4.69, 9.17) is 9.47 Å². The van der Waals surface area contributed by atoms with Crippen molar-refractivity contribution in [1.29, 1.82) is 0 Å². The number of ether oxygens (including phenoxy) is 2. The van der Waals surface area contributed by atoms with Crippen LogP contribution >= 0.6 is 0 Å². The van der Waals surface area contributed by atoms with Crippen LogP contribution in [0, 0.1) is 6.92 Å². The van der Waals surface area contributed by atoms with E-state index in [1.807, 2.05) is 30.3 Å². The summed E-state index contributed by atoms with van der Waals surface area (Å²) in [5.41, 5.74) is 6.67. The van der Waals surface area contributed by atoms with Gasteiger partial charge in [0.2, 0.25) is 0 Å². The Morgan fingerprint density at radius 2 is 1.88 bits per heavy atom. The van der Waals surface area contributed by atoms with Crippen molar-refractivity contribution in [1.82, 2.24) is 5.32 Å². The summed E-state index contributed by atoms with van der Waals surface area (Å²) in [5, 5.41) is 6.82. The van der Waals surface area contributed by atoms with Crippen LogP contribution in [0.5, 0.6) is 5.75 Å². The van der Waals surface area contributed by atoms with Gasteiger partial charge >= 0.3 is 0 Å². The van der Waals surface area contributed by atoms with E-state index in [0.29, 0.717) is 18.2 Å². The lowest BCUT2D eigenvalue weighted by Gasteiger charge is -2.13. The van der Waals surface area contributed by atoms with Crippen molar-refractivity contribution in [2.24, 2.45) is 0 Å². The molecule has 1 heterocycles. The summed E-state index contributed by atoms with van der Waals surface area (Å²) in [6, 6.07) is 12.2. The number of hydrogen-bond donors (Lipinski definition) is 2. The lowest BCUT2D eigenvalue weighted by Crippen LogP contribution is -2.27. The first-order valence-corrected chi connectivity index (χ1v) is 12.4. The fourth-order valence-corrected chi connectivity index (χ4v) is 5.16. The molecule has 0 unspecified atom stereocenters. The van der Waals surface area contributed by atoms with Gasteiger partial charge < -0.3 is 20.1 Å². The van der Waals surface area contributed by atoms with Gasteiger partial charge in [0.25, 0.3) is 5.91 Å². The first kappa shape index (κ1) is 22.2. The average molecular weight is 447 g/mol. The first-order valence-electron chi connectivity index (χ1n) is 12.4. The quantitative estimate of drug-likeness (QED) is 0.579. The summed E-state index contributed by atoms with van der Waals surface area (Å²) in [6.45, 7) is 4.44. The summed E-state index contributed by atoms with van der Waals surface area (Å²) < 4.78 is 11.4. The number of anilines is 1. The molecule has 1 amide bonds. The van der Waals surface area contributed by atoms with Crippen LogP contribution in [-0.2, 0) is 11.2 Å². The molecule has 1 saturated carbocycles. The molecule has 33 heavy (non-hydrogen) atoms. The minimum Gasteiger partial charge on any atom is -0.491 e. The highest BCUT2D eigenvalue weighted by molar-refractivity contribution is 6.05. The maximum atomic E-state index is 12.9. The van der Waals surface area contributed by atoms with Crippen molar-refractivity contribution < 1.29 is 14.3 Å². The van der Waals surface area contributed by atoms with Gasteiger partial charge in [-0.3, -0.25) is 4.79 Å². The van der Waals surface area contributed by atoms with Crippen LogP contribution in [0.25, 0.3) is 6.08 Å². The third-order valence-electron chi connectivity index (χ3n) is 7.17. The van der Waals surface area contributed by atoms with Crippen LogP contribution in [0.4, 0.5) is 5.69 Å². The van der Waals surface area contributed by atoms with Crippen LogP contribution in [0.3, 0.4) is 0 Å². The molecule has 3 aliphatic rings. The van der Waals surface area contributed by atoms with E-state index in [2.05, 4.69) is 29.7 Å². The molecular formula is C28H34N2O3. The molecule has 0 radical (unpaired) electrons. The van der Waals surface area contributed by atoms with Crippen molar-refractivity contribution in [3.8, 4) is 5.75 Å². The second-order valence-corrected chi connectivity index (χ2v) is 9.58. The molecule has 0 bridgehead atoms. The molecule has 5 rings (SSSR count). The Labute approximate surface area is 196 Å². The zero-order chi connectivity index (χ0) is 22.6. The van der Waals surface area contributed by atoms with Gasteiger partial charge in [0.15, 0.2) is 0 Å². The Balaban J connectivity index is 1.19. The van der Waals surface area contributed by atoms with E-state index in [1.165, 1.54) is 42.4 Å². The summed E-state index contributed by atoms with van der Waals surface area (Å²) in [4.78, 5) is 12.9. The van der Waals surface area contributed by atoms with Crippen molar-refractivity contribution in [3.05, 3.63) is 64.2 Å². The van der Waals surface area contributed by atoms with Crippen molar-refractivity contribution in [3.63, 3.8) is 0 Å². The standard InChI is InChI=1S/C28H34N2O3/c1-19-26-16-20(17-29-23-5-2-3-6-23)15-22(26)10-13-27(19)30-28(31)21-8-11-24(12-9-21)33-18-25-7-4-14-32-25/h8-13,16,23,25,29H,2-7,14-15,17-18H2,1H3,(H,30,31)/t25-/m0/s1. The molecule has 5 nitrogen and oxygen atoms in total. The predicted molar refractivity (Wildman–Crippen MR) is 132 cm³/mol. The van der Waals surface area contributed by atoms with E-state index in [0.717, 1.165) is 49.4 Å². The van der Waals surface area contributed by atoms with Gasteiger partial charge in [0, 0.05) is 30.4 Å². The monoisotopic (exact) mass is 446 g/mol. The van der Waals surface area contributed by atoms with Gasteiger partial charge in [-0.1, -0.05) is 30.6 Å². The van der Waals surface area contributed by atoms with Gasteiger partial charge in [-0.25, -0.2) is 0 Å². The van der Waals surface area contributed by atoms with E-state index in [1.54, 1.807) is 0 Å². The Bertz CT molecular complexity index is 1020. The van der Waals surface area contributed by atoms with Crippen LogP contribution in [0.1, 0.15) is 65.6 Å². The molecule has 2 aromatic rings. The molecule has 2 aromatic carbocycles. The fourth-order valence-electron chi connectivity index (χ4n) is 5.16. The maximum Gasteiger partial charge on any atom is 0.255 e. The maximum absolute atomic E-state index is 12.9. The van der Waals surface area contributed by atoms with Crippen molar-refractivity contribution in [2.75, 3.05) is 25.1 Å². The highest BCUT2D eigenvalue weighted by Gasteiger charge is 2.20. The highest BCUT2D eigenvalue weighted by Crippen LogP contribution is 2.32. The van der Waals surface area contributed by atoms with Crippen LogP contribution in [0.15, 0.2) is 42.0 Å². The Morgan fingerprint density at radius 3 is 2.64 bits per heavy atom. The Kier molecular flexibility index (Phi) is 6.79. The Hall–Kier alpha value is -2.63. The SMILES string of the molecule is Cc1c(NC(=O)c2ccc(OC[C@@H]3CCCO3)cc2)ccc2c1C=C(CNC1CCCC1)C2. The third-order valence-corrected chi connectivity index (χ3v) is 7.17. The second kappa shape index (κ2) is 10.1. The minimum absolute atomic E-state index is 0.103. The molecule has 174 valence electrons. The molecule has 2 N–H and O–H groups in total. The number of carbonyl (C=O) groups is 1. The predicted octanol–water partition coefficient (Wildman–Crippen LogP) is 5.28. The average Bonchev–Trinajstić information content (AvgIpc) is 3.60. The van der Waals surface area contributed by atoms with Gasteiger partial charge in [-0.2, -0.15) is 0 Å². The second-order valence-electron chi connectivity index (χ2n) is 9.58. The normalized spacial score (nSPS) is 20.0. The lowest BCUT2D eigenvalue weighted by atomic mass is 10.0. The molecule has 5 heteroatoms. The van der Waals surface area contributed by atoms with Gasteiger partial charge in [-0.05, 0) is 86.1 Å². The molecule has 0 aromatic heterocycles. The van der Waals surface area contributed by atoms with Crippen molar-refractivity contribution >= 4 is 17.7 Å². The van der Waals surface area contributed by atoms with E-state index in [-0.39, 0.29) is 12.0 Å². The number of amides is 1. The summed E-state index contributed by atoms with van der Waals surface area (Å²) >= 11 is 0. The van der Waals surface area contributed by atoms with E-state index in [9.17, 15) is 4.79 Å². The third kappa shape index (κ3) is 5.31. The number of carbonyl (C=O) groups excluding carboxylic acids is 1. The summed E-state index contributed by atoms with van der Waals surface area (Å²) in [5.74, 6) is 0.661. The van der Waals surface area contributed by atoms with E-state index >= 15 is 0 Å². The van der Waals surface area contributed by atoms with Crippen molar-refractivity contribution in [2.45, 2.75) is 64.0 Å². The lowest BCUT2D eigenvalue weighted by molar-refractivity contribution is 0.0679. The van der Waals surface area contributed by atoms with Crippen LogP contribution < -0.4 is 15.4 Å². The molecule has 1 atom stereocenters. The minimum atomic E-state index is -0.103. The zero-order valence-electron chi connectivity index (χ0n) is 19.5. The zero-order valence-corrected chi connectivity index (χ0v) is 19.5. The summed E-state index contributed by atoms with van der Waals surface area (Å²) in [7, 11) is 0. The van der Waals surface area contributed by atoms with Gasteiger partial charge in [0.1, 0.15) is 12.4 Å². The van der Waals surface area contributed by atoms with E-state index < -0.39 is 0 Å². The molecule has 2 fully saturated rings. The summed E-state index contributed by atoms with van der Waals surface area (Å²) in [6.07, 6.45) is 10.9. The number of hydrogen-bond acceptors (Lipinski definition) is 4. The molecular weight excluding hydrogens is 412 g/mol. The smallest absolute Gasteiger partial charge is 0.255 e. The van der Waals surface area contributed by atoms with Gasteiger partial charge in [-0.15, -0.1) is 0 Å². The highest BCUT2D eigenvalue weighted by atomic mass is 16.5.